The fourth-order valence-electron chi connectivity index (χ4n) is 4.43. The van der Waals surface area contributed by atoms with Gasteiger partial charge in [0.15, 0.2) is 5.69 Å². The van der Waals surface area contributed by atoms with E-state index in [0.29, 0.717) is 5.82 Å². The molecule has 3 N–H and O–H groups in total. The molecule has 1 aliphatic heterocycles. The van der Waals surface area contributed by atoms with Crippen LogP contribution >= 0.6 is 11.9 Å². The summed E-state index contributed by atoms with van der Waals surface area (Å²) in [5, 5.41) is 8.20. The molecule has 3 heterocycles. The van der Waals surface area contributed by atoms with Crippen molar-refractivity contribution in [3.05, 3.63) is 72.1 Å². The molecule has 1 amide bonds. The lowest BCUT2D eigenvalue weighted by atomic mass is 10.0. The highest BCUT2D eigenvalue weighted by molar-refractivity contribution is 7.97. The summed E-state index contributed by atoms with van der Waals surface area (Å²) in [7, 11) is 1.78. The minimum absolute atomic E-state index is 0.163. The molecule has 0 saturated carbocycles. The van der Waals surface area contributed by atoms with Crippen molar-refractivity contribution in [1.82, 2.24) is 19.1 Å². The molecule has 0 bridgehead atoms. The molecule has 11 heteroatoms. The topological polar surface area (TPSA) is 89.1 Å². The Hall–Kier alpha value is -3.57. The Morgan fingerprint density at radius 1 is 1.05 bits per heavy atom. The third kappa shape index (κ3) is 5.57. The van der Waals surface area contributed by atoms with Gasteiger partial charge in [0.25, 0.3) is 5.91 Å². The van der Waals surface area contributed by atoms with Gasteiger partial charge in [-0.25, -0.2) is 9.29 Å². The number of aryl methyl sites for hydroxylation is 1. The molecule has 4 aromatic rings. The molecule has 2 aromatic heterocycles. The number of alkyl halides is 3. The van der Waals surface area contributed by atoms with Gasteiger partial charge in [-0.1, -0.05) is 18.2 Å². The average molecular weight is 527 g/mol. The standard InChI is InChI=1S/C26H25F3N6OS/c1-34-22-8-4-17(14-21(22)24(33-34)25(30)36)16-2-6-20(7-3-16)37-35-12-10-19(11-13-35)32-23-9-5-18(15-31-23)26(27,28)29/h2-9,14-15,19H,10-13H2,1H3,(H2,30,36)(H,31,32). The van der Waals surface area contributed by atoms with Crippen molar-refractivity contribution in [1.29, 1.82) is 0 Å². The van der Waals surface area contributed by atoms with Crippen LogP contribution < -0.4 is 11.1 Å². The minimum Gasteiger partial charge on any atom is -0.367 e. The Bertz CT molecular complexity index is 1410. The average Bonchev–Trinajstić information content (AvgIpc) is 3.21. The van der Waals surface area contributed by atoms with E-state index in [9.17, 15) is 18.0 Å². The zero-order valence-electron chi connectivity index (χ0n) is 20.0. The minimum atomic E-state index is -4.38. The number of amides is 1. The summed E-state index contributed by atoms with van der Waals surface area (Å²) in [4.78, 5) is 16.8. The van der Waals surface area contributed by atoms with Crippen LogP contribution in [0, 0.1) is 0 Å². The molecule has 192 valence electrons. The van der Waals surface area contributed by atoms with E-state index in [1.165, 1.54) is 6.07 Å². The van der Waals surface area contributed by atoms with Crippen molar-refractivity contribution >= 4 is 34.6 Å². The van der Waals surface area contributed by atoms with Crippen LogP contribution in [0.1, 0.15) is 28.9 Å². The highest BCUT2D eigenvalue weighted by atomic mass is 32.2. The van der Waals surface area contributed by atoms with Crippen molar-refractivity contribution in [3.8, 4) is 11.1 Å². The Kier molecular flexibility index (Phi) is 6.82. The van der Waals surface area contributed by atoms with Gasteiger partial charge in [0.2, 0.25) is 0 Å². The number of nitrogens with two attached hydrogens (primary N) is 1. The number of carbonyl (C=O) groups excluding carboxylic acids is 1. The quantitative estimate of drug-likeness (QED) is 0.330. The first-order valence-electron chi connectivity index (χ1n) is 11.8. The Morgan fingerprint density at radius 2 is 1.76 bits per heavy atom. The maximum atomic E-state index is 12.7. The van der Waals surface area contributed by atoms with Gasteiger partial charge >= 0.3 is 6.18 Å². The maximum absolute atomic E-state index is 12.7. The van der Waals surface area contributed by atoms with Gasteiger partial charge in [-0.15, -0.1) is 0 Å². The van der Waals surface area contributed by atoms with Crippen LogP contribution in [0.15, 0.2) is 65.7 Å². The van der Waals surface area contributed by atoms with Gasteiger partial charge in [-0.2, -0.15) is 18.3 Å². The molecule has 5 rings (SSSR count). The van der Waals surface area contributed by atoms with Gasteiger partial charge < -0.3 is 11.1 Å². The molecule has 0 radical (unpaired) electrons. The number of primary amides is 1. The van der Waals surface area contributed by atoms with Crippen LogP contribution in [0.3, 0.4) is 0 Å². The first-order chi connectivity index (χ1) is 17.7. The molecule has 1 fully saturated rings. The first kappa shape index (κ1) is 25.1. The molecule has 1 saturated heterocycles. The second-order valence-corrected chi connectivity index (χ2v) is 10.1. The van der Waals surface area contributed by atoms with Crippen LogP contribution in [0.25, 0.3) is 22.0 Å². The Morgan fingerprint density at radius 3 is 2.38 bits per heavy atom. The van der Waals surface area contributed by atoms with Crippen LogP contribution in [0.4, 0.5) is 19.0 Å². The lowest BCUT2D eigenvalue weighted by molar-refractivity contribution is -0.137. The van der Waals surface area contributed by atoms with E-state index in [-0.39, 0.29) is 11.7 Å². The highest BCUT2D eigenvalue weighted by Gasteiger charge is 2.30. The number of benzene rings is 2. The van der Waals surface area contributed by atoms with Crippen molar-refractivity contribution < 1.29 is 18.0 Å². The molecule has 37 heavy (non-hydrogen) atoms. The molecule has 0 unspecified atom stereocenters. The molecule has 0 atom stereocenters. The number of pyridine rings is 1. The zero-order valence-corrected chi connectivity index (χ0v) is 20.8. The van der Waals surface area contributed by atoms with Gasteiger partial charge in [0.05, 0.1) is 11.1 Å². The second-order valence-electron chi connectivity index (χ2n) is 8.96. The number of piperidine rings is 1. The number of aromatic nitrogens is 3. The van der Waals surface area contributed by atoms with E-state index < -0.39 is 17.6 Å². The number of halogens is 3. The van der Waals surface area contributed by atoms with Crippen molar-refractivity contribution in [2.45, 2.75) is 30.0 Å². The first-order valence-corrected chi connectivity index (χ1v) is 12.5. The number of rotatable bonds is 6. The molecule has 1 aliphatic rings. The molecule has 0 spiro atoms. The van der Waals surface area contributed by atoms with E-state index in [0.717, 1.165) is 65.1 Å². The van der Waals surface area contributed by atoms with E-state index in [2.05, 4.69) is 31.8 Å². The van der Waals surface area contributed by atoms with E-state index in [4.69, 9.17) is 5.73 Å². The summed E-state index contributed by atoms with van der Waals surface area (Å²) in [6, 6.07) is 16.7. The molecule has 7 nitrogen and oxygen atoms in total. The predicted octanol–water partition coefficient (Wildman–Crippen LogP) is 5.34. The predicted molar refractivity (Wildman–Crippen MR) is 138 cm³/mol. The van der Waals surface area contributed by atoms with Gasteiger partial charge in [0.1, 0.15) is 5.82 Å². The lowest BCUT2D eigenvalue weighted by Crippen LogP contribution is -2.35. The fourth-order valence-corrected chi connectivity index (χ4v) is 5.38. The third-order valence-electron chi connectivity index (χ3n) is 6.40. The van der Waals surface area contributed by atoms with E-state index >= 15 is 0 Å². The van der Waals surface area contributed by atoms with Crippen LogP contribution in [0.2, 0.25) is 0 Å². The van der Waals surface area contributed by atoms with E-state index in [1.54, 1.807) is 23.7 Å². The van der Waals surface area contributed by atoms with Crippen molar-refractivity contribution in [2.75, 3.05) is 18.4 Å². The summed E-state index contributed by atoms with van der Waals surface area (Å²) in [6.45, 7) is 1.69. The summed E-state index contributed by atoms with van der Waals surface area (Å²) in [6.07, 6.45) is -1.79. The molecular formula is C26H25F3N6OS. The smallest absolute Gasteiger partial charge is 0.367 e. The maximum Gasteiger partial charge on any atom is 0.417 e. The summed E-state index contributed by atoms with van der Waals surface area (Å²) < 4.78 is 42.1. The third-order valence-corrected chi connectivity index (χ3v) is 7.51. The van der Waals surface area contributed by atoms with Crippen LogP contribution in [-0.2, 0) is 13.2 Å². The van der Waals surface area contributed by atoms with Crippen LogP contribution in [-0.4, -0.2) is 44.1 Å². The lowest BCUT2D eigenvalue weighted by Gasteiger charge is -2.31. The Balaban J connectivity index is 1.17. The summed E-state index contributed by atoms with van der Waals surface area (Å²) >= 11 is 1.68. The number of hydrogen-bond acceptors (Lipinski definition) is 6. The van der Waals surface area contributed by atoms with Crippen molar-refractivity contribution in [3.63, 3.8) is 0 Å². The number of fused-ring (bicyclic) bond motifs is 1. The van der Waals surface area contributed by atoms with Gasteiger partial charge in [-0.3, -0.25) is 9.48 Å². The van der Waals surface area contributed by atoms with Crippen molar-refractivity contribution in [2.24, 2.45) is 12.8 Å². The zero-order chi connectivity index (χ0) is 26.2. The second kappa shape index (κ2) is 10.1. The van der Waals surface area contributed by atoms with Crippen LogP contribution in [0.5, 0.6) is 0 Å². The number of nitrogens with one attached hydrogen (secondary N) is 1. The number of nitrogens with zero attached hydrogens (tertiary/aromatic N) is 4. The highest BCUT2D eigenvalue weighted by Crippen LogP contribution is 2.32. The fraction of sp³-hybridized carbons (Fsp3) is 0.269. The number of hydrogen-bond donors (Lipinski definition) is 2. The largest absolute Gasteiger partial charge is 0.417 e. The van der Waals surface area contributed by atoms with E-state index in [1.807, 2.05) is 30.3 Å². The number of carbonyl (C=O) groups is 1. The summed E-state index contributed by atoms with van der Waals surface area (Å²) in [5.41, 5.74) is 7.85. The summed E-state index contributed by atoms with van der Waals surface area (Å²) in [5.74, 6) is -0.0915. The Labute approximate surface area is 216 Å². The molecule has 0 aliphatic carbocycles. The van der Waals surface area contributed by atoms with Gasteiger partial charge in [0, 0.05) is 42.7 Å². The molecule has 2 aromatic carbocycles. The SMILES string of the molecule is Cn1nc(C(N)=O)c2cc(-c3ccc(SN4CCC(Nc5ccc(C(F)(F)F)cn5)CC4)cc3)ccc21. The monoisotopic (exact) mass is 526 g/mol. The number of anilines is 1. The van der Waals surface area contributed by atoms with Gasteiger partial charge in [-0.05, 0) is 72.3 Å². The normalized spacial score (nSPS) is 15.2. The molecular weight excluding hydrogens is 501 g/mol.